The molecule has 0 aromatic heterocycles. The number of hydrogen-bond acceptors (Lipinski definition) is 3. The minimum Gasteiger partial charge on any atom is -0.475 e. The van der Waals surface area contributed by atoms with Gasteiger partial charge in [-0.25, -0.2) is 9.18 Å². The highest BCUT2D eigenvalue weighted by Crippen LogP contribution is 2.41. The van der Waals surface area contributed by atoms with E-state index in [0.29, 0.717) is 12.8 Å². The summed E-state index contributed by atoms with van der Waals surface area (Å²) in [5, 5.41) is 9.17. The van der Waals surface area contributed by atoms with E-state index in [9.17, 15) is 14.3 Å². The Bertz CT molecular complexity index is 532. The molecule has 4 nitrogen and oxygen atoms in total. The smallest absolute Gasteiger partial charge is 0.375 e. The molecule has 0 bridgehead atoms. The van der Waals surface area contributed by atoms with Crippen molar-refractivity contribution in [1.82, 2.24) is 0 Å². The second-order valence-corrected chi connectivity index (χ2v) is 4.27. The summed E-state index contributed by atoms with van der Waals surface area (Å²) in [5.41, 5.74) is 0.101. The number of carboxylic acids is 1. The van der Waals surface area contributed by atoms with Crippen LogP contribution in [-0.4, -0.2) is 16.9 Å². The monoisotopic (exact) mass is 266 g/mol. The molecule has 1 aliphatic heterocycles. The molecule has 19 heavy (non-hydrogen) atoms. The van der Waals surface area contributed by atoms with Gasteiger partial charge in [-0.1, -0.05) is 26.0 Å². The molecular weight excluding hydrogens is 251 g/mol. The average Bonchev–Trinajstić information content (AvgIpc) is 2.80. The van der Waals surface area contributed by atoms with Crippen molar-refractivity contribution in [3.63, 3.8) is 0 Å². The van der Waals surface area contributed by atoms with Crippen LogP contribution in [0.15, 0.2) is 30.0 Å². The molecule has 0 fully saturated rings. The standard InChI is InChI=1S/C14H15FO4/c1-3-14(4-2)18-11(12(19-14)13(16)17)9-7-5-6-8-10(9)15/h5-8H,3-4H2,1-2H3,(H,16,17). The van der Waals surface area contributed by atoms with Gasteiger partial charge in [0.15, 0.2) is 5.76 Å². The van der Waals surface area contributed by atoms with E-state index in [0.717, 1.165) is 0 Å². The first-order chi connectivity index (χ1) is 9.03. The van der Waals surface area contributed by atoms with Crippen molar-refractivity contribution in [2.45, 2.75) is 32.5 Å². The molecule has 0 unspecified atom stereocenters. The molecule has 5 heteroatoms. The number of carboxylic acid groups (broad SMARTS) is 1. The van der Waals surface area contributed by atoms with Crippen molar-refractivity contribution in [3.8, 4) is 0 Å². The van der Waals surface area contributed by atoms with E-state index in [1.165, 1.54) is 18.2 Å². The van der Waals surface area contributed by atoms with E-state index in [-0.39, 0.29) is 17.1 Å². The molecule has 0 atom stereocenters. The van der Waals surface area contributed by atoms with E-state index in [4.69, 9.17) is 9.47 Å². The van der Waals surface area contributed by atoms with Gasteiger partial charge in [0.05, 0.1) is 5.56 Å². The molecule has 1 aliphatic rings. The third kappa shape index (κ3) is 2.28. The van der Waals surface area contributed by atoms with Gasteiger partial charge in [0, 0.05) is 12.8 Å². The maximum atomic E-state index is 13.8. The lowest BCUT2D eigenvalue weighted by Gasteiger charge is -2.25. The summed E-state index contributed by atoms with van der Waals surface area (Å²) in [5.74, 6) is -3.21. The highest BCUT2D eigenvalue weighted by molar-refractivity contribution is 5.93. The molecule has 102 valence electrons. The first kappa shape index (κ1) is 13.4. The molecule has 0 aliphatic carbocycles. The molecule has 0 amide bonds. The highest BCUT2D eigenvalue weighted by atomic mass is 19.1. The zero-order chi connectivity index (χ0) is 14.0. The van der Waals surface area contributed by atoms with Crippen LogP contribution in [0.3, 0.4) is 0 Å². The molecule has 0 radical (unpaired) electrons. The summed E-state index contributed by atoms with van der Waals surface area (Å²) >= 11 is 0. The Hall–Kier alpha value is -2.04. The lowest BCUT2D eigenvalue weighted by Crippen LogP contribution is -2.29. The third-order valence-corrected chi connectivity index (χ3v) is 3.17. The molecule has 1 N–H and O–H groups in total. The molecule has 1 heterocycles. The Balaban J connectivity index is 2.49. The van der Waals surface area contributed by atoms with Gasteiger partial charge in [-0.2, -0.15) is 0 Å². The first-order valence-corrected chi connectivity index (χ1v) is 6.13. The van der Waals surface area contributed by atoms with E-state index >= 15 is 0 Å². The number of ether oxygens (including phenoxy) is 2. The fraction of sp³-hybridized carbons (Fsp3) is 0.357. The van der Waals surface area contributed by atoms with Crippen molar-refractivity contribution in [1.29, 1.82) is 0 Å². The Morgan fingerprint density at radius 1 is 1.26 bits per heavy atom. The maximum Gasteiger partial charge on any atom is 0.375 e. The van der Waals surface area contributed by atoms with Crippen LogP contribution in [0.4, 0.5) is 4.39 Å². The van der Waals surface area contributed by atoms with Crippen LogP contribution >= 0.6 is 0 Å². The summed E-state index contributed by atoms with van der Waals surface area (Å²) in [6.45, 7) is 3.65. The zero-order valence-electron chi connectivity index (χ0n) is 10.8. The fourth-order valence-corrected chi connectivity index (χ4v) is 1.99. The number of halogens is 1. The molecule has 0 saturated carbocycles. The van der Waals surface area contributed by atoms with E-state index in [2.05, 4.69) is 0 Å². The Labute approximate surface area is 110 Å². The van der Waals surface area contributed by atoms with Gasteiger partial charge in [0.25, 0.3) is 11.5 Å². The summed E-state index contributed by atoms with van der Waals surface area (Å²) in [6, 6.07) is 5.87. The summed E-state index contributed by atoms with van der Waals surface area (Å²) in [4.78, 5) is 11.2. The molecule has 0 spiro atoms. The molecule has 2 rings (SSSR count). The first-order valence-electron chi connectivity index (χ1n) is 6.13. The van der Waals surface area contributed by atoms with Crippen LogP contribution in [0, 0.1) is 5.82 Å². The predicted octanol–water partition coefficient (Wildman–Crippen LogP) is 3.14. The molecule has 1 aromatic carbocycles. The summed E-state index contributed by atoms with van der Waals surface area (Å²) < 4.78 is 24.8. The largest absolute Gasteiger partial charge is 0.475 e. The van der Waals surface area contributed by atoms with Crippen LogP contribution in [0.1, 0.15) is 32.3 Å². The van der Waals surface area contributed by atoms with Gasteiger partial charge in [0.2, 0.25) is 0 Å². The van der Waals surface area contributed by atoms with Crippen molar-refractivity contribution in [2.24, 2.45) is 0 Å². The van der Waals surface area contributed by atoms with Crippen molar-refractivity contribution >= 4 is 11.7 Å². The number of carbonyl (C=O) groups is 1. The Kier molecular flexibility index (Phi) is 3.46. The number of hydrogen-bond donors (Lipinski definition) is 1. The van der Waals surface area contributed by atoms with Gasteiger partial charge in [-0.05, 0) is 12.1 Å². The second kappa shape index (κ2) is 4.91. The zero-order valence-corrected chi connectivity index (χ0v) is 10.8. The number of benzene rings is 1. The number of rotatable bonds is 4. The predicted molar refractivity (Wildman–Crippen MR) is 66.4 cm³/mol. The molecule has 0 saturated heterocycles. The lowest BCUT2D eigenvalue weighted by molar-refractivity contribution is -0.162. The van der Waals surface area contributed by atoms with Gasteiger partial charge >= 0.3 is 5.97 Å². The van der Waals surface area contributed by atoms with E-state index in [1.54, 1.807) is 6.07 Å². The molecular formula is C14H15FO4. The van der Waals surface area contributed by atoms with Crippen LogP contribution in [-0.2, 0) is 14.3 Å². The van der Waals surface area contributed by atoms with Crippen LogP contribution in [0.5, 0.6) is 0 Å². The fourth-order valence-electron chi connectivity index (χ4n) is 1.99. The lowest BCUT2D eigenvalue weighted by atomic mass is 10.1. The minimum atomic E-state index is -1.26. The highest BCUT2D eigenvalue weighted by Gasteiger charge is 2.43. The summed E-state index contributed by atoms with van der Waals surface area (Å²) in [6.07, 6.45) is 0.941. The SMILES string of the molecule is CCC1(CC)OC(C(=O)O)=C(c2ccccc2F)O1. The van der Waals surface area contributed by atoms with E-state index < -0.39 is 17.6 Å². The van der Waals surface area contributed by atoms with Crippen LogP contribution in [0.25, 0.3) is 5.76 Å². The Morgan fingerprint density at radius 2 is 1.89 bits per heavy atom. The van der Waals surface area contributed by atoms with Crippen LogP contribution in [0.2, 0.25) is 0 Å². The normalized spacial score (nSPS) is 17.0. The Morgan fingerprint density at radius 3 is 2.42 bits per heavy atom. The van der Waals surface area contributed by atoms with Gasteiger partial charge in [-0.3, -0.25) is 0 Å². The van der Waals surface area contributed by atoms with Crippen LogP contribution < -0.4 is 0 Å². The molecule has 1 aromatic rings. The quantitative estimate of drug-likeness (QED) is 0.909. The average molecular weight is 266 g/mol. The van der Waals surface area contributed by atoms with Gasteiger partial charge in [0.1, 0.15) is 5.82 Å². The second-order valence-electron chi connectivity index (χ2n) is 4.27. The van der Waals surface area contributed by atoms with Crippen molar-refractivity contribution < 1.29 is 23.8 Å². The van der Waals surface area contributed by atoms with Gasteiger partial charge in [-0.15, -0.1) is 0 Å². The van der Waals surface area contributed by atoms with E-state index in [1.807, 2.05) is 13.8 Å². The van der Waals surface area contributed by atoms with Gasteiger partial charge < -0.3 is 14.6 Å². The number of aliphatic carboxylic acids is 1. The topological polar surface area (TPSA) is 55.8 Å². The maximum absolute atomic E-state index is 13.8. The van der Waals surface area contributed by atoms with Crippen molar-refractivity contribution in [2.75, 3.05) is 0 Å². The minimum absolute atomic E-state index is 0.0469. The summed E-state index contributed by atoms with van der Waals surface area (Å²) in [7, 11) is 0. The van der Waals surface area contributed by atoms with Crippen molar-refractivity contribution in [3.05, 3.63) is 41.4 Å². The third-order valence-electron chi connectivity index (χ3n) is 3.17.